The summed E-state index contributed by atoms with van der Waals surface area (Å²) in [7, 11) is 1.74. The van der Waals surface area contributed by atoms with Crippen LogP contribution in [0.3, 0.4) is 0 Å². The summed E-state index contributed by atoms with van der Waals surface area (Å²) in [5, 5.41) is 9.16. The van der Waals surface area contributed by atoms with Gasteiger partial charge >= 0.3 is 5.97 Å². The second-order valence-electron chi connectivity index (χ2n) is 10.8. The number of carbonyl (C=O) groups is 1. The van der Waals surface area contributed by atoms with Crippen molar-refractivity contribution in [1.82, 2.24) is 4.57 Å². The zero-order valence-electron chi connectivity index (χ0n) is 22.7. The average molecular weight is 540 g/mol. The Morgan fingerprint density at radius 3 is 2.58 bits per heavy atom. The number of carboxylic acids is 1. The Labute approximate surface area is 231 Å². The van der Waals surface area contributed by atoms with Crippen molar-refractivity contribution in [3.8, 4) is 33.8 Å². The fourth-order valence-electron chi connectivity index (χ4n) is 6.22. The van der Waals surface area contributed by atoms with E-state index in [1.54, 1.807) is 23.7 Å². The maximum Gasteiger partial charge on any atom is 0.304 e. The summed E-state index contributed by atoms with van der Waals surface area (Å²) < 4.78 is 28.9. The van der Waals surface area contributed by atoms with Gasteiger partial charge in [-0.3, -0.25) is 9.59 Å². The highest BCUT2D eigenvalue weighted by atomic mass is 19.1. The van der Waals surface area contributed by atoms with Gasteiger partial charge in [-0.05, 0) is 83.8 Å². The van der Waals surface area contributed by atoms with Crippen molar-refractivity contribution in [2.24, 2.45) is 7.05 Å². The zero-order chi connectivity index (χ0) is 28.1. The van der Waals surface area contributed by atoms with Crippen LogP contribution in [0.5, 0.6) is 11.5 Å². The maximum atomic E-state index is 15.3. The molecule has 0 fully saturated rings. The number of hydrogen-bond acceptors (Lipinski definition) is 4. The Morgan fingerprint density at radius 1 is 1.07 bits per heavy atom. The molecule has 0 bridgehead atoms. The van der Waals surface area contributed by atoms with Crippen molar-refractivity contribution in [2.45, 2.75) is 45.1 Å². The lowest BCUT2D eigenvalue weighted by molar-refractivity contribution is -0.137. The summed E-state index contributed by atoms with van der Waals surface area (Å²) in [4.78, 5) is 23.0. The molecule has 0 saturated carbocycles. The van der Waals surface area contributed by atoms with E-state index >= 15 is 4.39 Å². The Balaban J connectivity index is 1.31. The third kappa shape index (κ3) is 4.55. The molecular formula is C33H30FNO5. The number of nitrogens with zero attached hydrogens (tertiary/aromatic N) is 1. The van der Waals surface area contributed by atoms with Gasteiger partial charge in [-0.15, -0.1) is 0 Å². The first kappa shape index (κ1) is 25.9. The van der Waals surface area contributed by atoms with Gasteiger partial charge in [-0.1, -0.05) is 24.3 Å². The molecule has 0 saturated heterocycles. The van der Waals surface area contributed by atoms with Crippen LogP contribution in [0.2, 0.25) is 0 Å². The monoisotopic (exact) mass is 539 g/mol. The van der Waals surface area contributed by atoms with Crippen molar-refractivity contribution in [3.05, 3.63) is 105 Å². The summed E-state index contributed by atoms with van der Waals surface area (Å²) in [6.45, 7) is 4.46. The topological polar surface area (TPSA) is 77.8 Å². The van der Waals surface area contributed by atoms with E-state index in [1.807, 2.05) is 30.5 Å². The average Bonchev–Trinajstić information content (AvgIpc) is 3.51. The lowest BCUT2D eigenvalue weighted by Gasteiger charge is -2.19. The Bertz CT molecular complexity index is 1700. The summed E-state index contributed by atoms with van der Waals surface area (Å²) in [5.74, 6) is -0.118. The third-order valence-electron chi connectivity index (χ3n) is 8.07. The highest BCUT2D eigenvalue weighted by molar-refractivity contribution is 5.79. The van der Waals surface area contributed by atoms with Gasteiger partial charge in [0.05, 0.1) is 13.0 Å². The van der Waals surface area contributed by atoms with Crippen LogP contribution in [0.15, 0.2) is 65.6 Å². The van der Waals surface area contributed by atoms with Crippen LogP contribution in [0.1, 0.15) is 52.7 Å². The summed E-state index contributed by atoms with van der Waals surface area (Å²) in [5.41, 5.74) is 8.60. The van der Waals surface area contributed by atoms with Crippen LogP contribution < -0.4 is 15.0 Å². The van der Waals surface area contributed by atoms with Gasteiger partial charge in [0, 0.05) is 42.4 Å². The minimum Gasteiger partial charge on any atom is -0.492 e. The molecule has 0 spiro atoms. The first-order valence-corrected chi connectivity index (χ1v) is 13.4. The lowest BCUT2D eigenvalue weighted by Crippen LogP contribution is -2.13. The molecule has 4 aromatic rings. The third-order valence-corrected chi connectivity index (χ3v) is 8.07. The summed E-state index contributed by atoms with van der Waals surface area (Å²) in [6.07, 6.45) is 2.76. The minimum atomic E-state index is -0.859. The van der Waals surface area contributed by atoms with Crippen LogP contribution >= 0.6 is 0 Å². The number of rotatable bonds is 6. The van der Waals surface area contributed by atoms with Crippen LogP contribution in [0.4, 0.5) is 4.39 Å². The molecule has 0 radical (unpaired) electrons. The number of hydrogen-bond donors (Lipinski definition) is 1. The number of aromatic nitrogens is 1. The number of ether oxygens (including phenoxy) is 2. The summed E-state index contributed by atoms with van der Waals surface area (Å²) >= 11 is 0. The van der Waals surface area contributed by atoms with E-state index in [-0.39, 0.29) is 23.7 Å². The van der Waals surface area contributed by atoms with Gasteiger partial charge in [-0.2, -0.15) is 0 Å². The SMILES string of the molecule is Cc1cc(-c2ccc(=O)n(C)c2)cc(C)c1-c1ccc(F)c2c1CC[C@H]2Oc1ccc2c(c1)OCC2CC(=O)O. The van der Waals surface area contributed by atoms with Crippen LogP contribution in [-0.2, 0) is 18.3 Å². The Hall–Kier alpha value is -4.39. The zero-order valence-corrected chi connectivity index (χ0v) is 22.7. The van der Waals surface area contributed by atoms with Crippen molar-refractivity contribution >= 4 is 5.97 Å². The lowest BCUT2D eigenvalue weighted by atomic mass is 9.88. The Morgan fingerprint density at radius 2 is 1.85 bits per heavy atom. The fraction of sp³-hybridized carbons (Fsp3) is 0.273. The number of carboxylic acid groups (broad SMARTS) is 1. The molecule has 1 N–H and O–H groups in total. The van der Waals surface area contributed by atoms with Crippen molar-refractivity contribution in [1.29, 1.82) is 0 Å². The van der Waals surface area contributed by atoms with E-state index in [4.69, 9.17) is 14.6 Å². The first-order chi connectivity index (χ1) is 19.2. The van der Waals surface area contributed by atoms with E-state index in [2.05, 4.69) is 26.0 Å². The van der Waals surface area contributed by atoms with Crippen molar-refractivity contribution in [3.63, 3.8) is 0 Å². The van der Waals surface area contributed by atoms with Crippen LogP contribution in [-0.4, -0.2) is 22.2 Å². The van der Waals surface area contributed by atoms with E-state index in [0.29, 0.717) is 36.5 Å². The number of pyridine rings is 1. The fourth-order valence-corrected chi connectivity index (χ4v) is 6.22. The smallest absolute Gasteiger partial charge is 0.304 e. The Kier molecular flexibility index (Phi) is 6.45. The van der Waals surface area contributed by atoms with E-state index in [0.717, 1.165) is 44.5 Å². The molecule has 2 heterocycles. The number of fused-ring (bicyclic) bond motifs is 2. The molecule has 2 aliphatic rings. The molecule has 0 amide bonds. The van der Waals surface area contributed by atoms with E-state index in [1.165, 1.54) is 6.07 Å². The second kappa shape index (κ2) is 9.97. The van der Waals surface area contributed by atoms with Gasteiger partial charge in [-0.25, -0.2) is 4.39 Å². The second-order valence-corrected chi connectivity index (χ2v) is 10.8. The molecule has 1 aliphatic heterocycles. The number of aliphatic carboxylic acids is 1. The minimum absolute atomic E-state index is 0.0159. The highest BCUT2D eigenvalue weighted by Crippen LogP contribution is 2.45. The largest absolute Gasteiger partial charge is 0.492 e. The van der Waals surface area contributed by atoms with Crippen LogP contribution in [0.25, 0.3) is 22.3 Å². The highest BCUT2D eigenvalue weighted by Gasteiger charge is 2.32. The van der Waals surface area contributed by atoms with E-state index in [9.17, 15) is 9.59 Å². The molecule has 6 rings (SSSR count). The maximum absolute atomic E-state index is 15.3. The van der Waals surface area contributed by atoms with E-state index < -0.39 is 12.1 Å². The number of halogens is 1. The van der Waals surface area contributed by atoms with Gasteiger partial charge in [0.2, 0.25) is 5.56 Å². The number of benzene rings is 3. The molecule has 1 aliphatic carbocycles. The van der Waals surface area contributed by atoms with Crippen LogP contribution in [0, 0.1) is 19.7 Å². The van der Waals surface area contributed by atoms with Gasteiger partial charge in [0.15, 0.2) is 0 Å². The van der Waals surface area contributed by atoms with Crippen molar-refractivity contribution < 1.29 is 23.8 Å². The molecule has 6 nitrogen and oxygen atoms in total. The molecule has 1 aromatic heterocycles. The molecule has 2 atom stereocenters. The first-order valence-electron chi connectivity index (χ1n) is 13.4. The predicted octanol–water partition coefficient (Wildman–Crippen LogP) is 6.49. The summed E-state index contributed by atoms with van der Waals surface area (Å²) in [6, 6.07) is 16.5. The van der Waals surface area contributed by atoms with Crippen molar-refractivity contribution in [2.75, 3.05) is 6.61 Å². The molecule has 1 unspecified atom stereocenters. The van der Waals surface area contributed by atoms with Gasteiger partial charge in [0.1, 0.15) is 23.4 Å². The van der Waals surface area contributed by atoms with Gasteiger partial charge in [0.25, 0.3) is 0 Å². The molecular weight excluding hydrogens is 509 g/mol. The normalized spacial score (nSPS) is 17.3. The molecule has 3 aromatic carbocycles. The predicted molar refractivity (Wildman–Crippen MR) is 151 cm³/mol. The molecule has 7 heteroatoms. The number of aryl methyl sites for hydroxylation is 3. The standard InChI is InChI=1S/C33H30FNO5/c1-18-12-21(20-4-11-30(36)35(3)16-20)13-19(2)32(18)25-7-9-27(34)33-26(25)8-10-28(33)40-23-5-6-24-22(14-31(37)38)17-39-29(24)15-23/h4-7,9,11-13,15-16,22,28H,8,10,14,17H2,1-3H3,(H,37,38)/t22?,28-/m1/s1. The molecule has 204 valence electrons. The quantitative estimate of drug-likeness (QED) is 0.303. The molecule has 40 heavy (non-hydrogen) atoms. The van der Waals surface area contributed by atoms with Gasteiger partial charge < -0.3 is 19.1 Å².